The van der Waals surface area contributed by atoms with Crippen LogP contribution in [0.1, 0.15) is 529 Å². The van der Waals surface area contributed by atoms with Gasteiger partial charge in [0.2, 0.25) is 0 Å². The fourth-order valence-corrected chi connectivity index (χ4v) is 14.5. The number of unbranched alkanes of at least 4 members (excludes halogenated alkanes) is 61. The van der Waals surface area contributed by atoms with Gasteiger partial charge in [-0.1, -0.05) is 323 Å². The summed E-state index contributed by atoms with van der Waals surface area (Å²) in [5, 5.41) is 115. The van der Waals surface area contributed by atoms with Crippen molar-refractivity contribution < 1.29 is 128 Å². The molecule has 0 aromatic heterocycles. The van der Waals surface area contributed by atoms with Crippen LogP contribution in [0.4, 0.5) is 0 Å². The van der Waals surface area contributed by atoms with Gasteiger partial charge in [-0.15, -0.1) is 47.4 Å². The monoisotopic (exact) mass is 1930 g/mol. The molecule has 0 fully saturated rings. The predicted molar refractivity (Wildman–Crippen MR) is 538 cm³/mol. The number of ether oxygens (including phenoxy) is 6. The Hall–Kier alpha value is -6.98. The van der Waals surface area contributed by atoms with Crippen molar-refractivity contribution in [3.8, 4) is 47.4 Å². The van der Waals surface area contributed by atoms with Crippen LogP contribution in [0.2, 0.25) is 0 Å². The number of carbonyl (C=O) groups excluding carboxylic acids is 6. The molecule has 0 amide bonds. The number of aliphatic hydroxyl groups excluding tert-OH is 2. The fraction of sp³-hybridized carbons (Fsp3) is 0.836. The second-order valence-corrected chi connectivity index (χ2v) is 36.4. The molecule has 790 valence electrons. The van der Waals surface area contributed by atoms with Gasteiger partial charge in [-0.05, 0) is 116 Å². The van der Waals surface area contributed by atoms with E-state index in [1.54, 1.807) is 0 Å². The van der Waals surface area contributed by atoms with Crippen LogP contribution in [0.25, 0.3) is 0 Å². The molecule has 0 saturated heterocycles. The van der Waals surface area contributed by atoms with Gasteiger partial charge in [0, 0.05) is 89.9 Å². The Bertz CT molecular complexity index is 2800. The van der Waals surface area contributed by atoms with Crippen LogP contribution in [0.15, 0.2) is 11.5 Å². The Morgan fingerprint density at radius 3 is 0.493 bits per heavy atom. The van der Waals surface area contributed by atoms with Gasteiger partial charge >= 0.3 is 47.8 Å². The lowest BCUT2D eigenvalue weighted by Gasteiger charge is -2.19. The second-order valence-electron chi connectivity index (χ2n) is 36.4. The largest absolute Gasteiger partial charge is 0.499 e. The summed E-state index contributed by atoms with van der Waals surface area (Å²) < 4.78 is 28.5. The lowest BCUT2D eigenvalue weighted by atomic mass is 10.1. The third-order valence-electron chi connectivity index (χ3n) is 23.3. The molecule has 0 aliphatic carbocycles. The Kier molecular flexibility index (Phi) is 100. The average molecular weight is 1930 g/mol. The number of methoxy groups -OCH3 is 2. The number of rotatable bonds is 87. The van der Waals surface area contributed by atoms with Crippen LogP contribution < -0.4 is 0 Å². The van der Waals surface area contributed by atoms with E-state index in [4.69, 9.17) is 39.4 Å². The van der Waals surface area contributed by atoms with Gasteiger partial charge < -0.3 is 89.7 Å². The number of hydrogen-bond acceptors (Lipinski definition) is 24. The molecule has 0 bridgehead atoms. The first-order valence-corrected chi connectivity index (χ1v) is 53.5. The highest BCUT2D eigenvalue weighted by Gasteiger charge is 2.37. The maximum Gasteiger partial charge on any atom is 0.377 e. The third-order valence-corrected chi connectivity index (χ3v) is 23.3. The first-order chi connectivity index (χ1) is 65.5. The van der Waals surface area contributed by atoms with Crippen molar-refractivity contribution in [3.05, 3.63) is 11.5 Å². The van der Waals surface area contributed by atoms with Crippen LogP contribution >= 0.6 is 0 Å². The van der Waals surface area contributed by atoms with E-state index in [9.17, 15) is 79.2 Å². The average Bonchev–Trinajstić information content (AvgIpc) is 0.858. The van der Waals surface area contributed by atoms with E-state index >= 15 is 0 Å². The topological polar surface area (TPSA) is 435 Å². The lowest BCUT2D eigenvalue weighted by Crippen LogP contribution is -2.40. The van der Waals surface area contributed by atoms with Gasteiger partial charge in [0.1, 0.15) is 0 Å². The Morgan fingerprint density at radius 1 is 0.199 bits per heavy atom. The summed E-state index contributed by atoms with van der Waals surface area (Å²) in [6, 6.07) is 0. The SMILES string of the molecule is CCCCCCCCC#CCCCCCCC(O)(O)C(=O)OCCCCCCCCCCOC(=O)C(O)(O)CCCCCCC#CCCCCCCCC.CCCCCCCCC#CCCCCCCC(O)(O)C(=O)OCCCCCCCCCCOC(=O)C(O)(O)CCCCCCC#CCCCCCCCC.COC(=O)/C(O)=C(\O)C(=O)OC.O=C(O)CCCCCCCCCCC(=O)O. The molecule has 26 heteroatoms. The molecule has 0 aliphatic heterocycles. The van der Waals surface area contributed by atoms with Crippen molar-refractivity contribution >= 4 is 47.8 Å². The highest BCUT2D eigenvalue weighted by Crippen LogP contribution is 2.23. The summed E-state index contributed by atoms with van der Waals surface area (Å²) in [5.41, 5.74) is 0. The first-order valence-electron chi connectivity index (χ1n) is 53.5. The minimum Gasteiger partial charge on any atom is -0.499 e. The molecule has 0 spiro atoms. The molecule has 12 N–H and O–H groups in total. The molecule has 0 aromatic carbocycles. The molecule has 0 heterocycles. The molecule has 0 aromatic rings. The number of aliphatic hydroxyl groups is 10. The van der Waals surface area contributed by atoms with Crippen LogP contribution in [0, 0.1) is 47.4 Å². The molecule has 0 saturated carbocycles. The van der Waals surface area contributed by atoms with E-state index in [0.717, 1.165) is 271 Å². The van der Waals surface area contributed by atoms with E-state index in [1.165, 1.54) is 154 Å². The van der Waals surface area contributed by atoms with Gasteiger partial charge in [0.05, 0.1) is 40.6 Å². The molecule has 0 atom stereocenters. The van der Waals surface area contributed by atoms with Gasteiger partial charge in [-0.3, -0.25) is 9.59 Å². The Labute approximate surface area is 822 Å². The van der Waals surface area contributed by atoms with Crippen molar-refractivity contribution in [2.45, 2.75) is 552 Å². The van der Waals surface area contributed by atoms with Gasteiger partial charge in [-0.25, -0.2) is 28.8 Å². The molecular formula is C110H194O26. The van der Waals surface area contributed by atoms with Crippen molar-refractivity contribution in [1.82, 2.24) is 0 Å². The van der Waals surface area contributed by atoms with Crippen LogP contribution in [0.5, 0.6) is 0 Å². The zero-order valence-corrected chi connectivity index (χ0v) is 86.1. The number of hydrogen-bond donors (Lipinski definition) is 12. The van der Waals surface area contributed by atoms with Crippen molar-refractivity contribution in [2.24, 2.45) is 0 Å². The minimum absolute atomic E-state index is 0.0220. The zero-order valence-electron chi connectivity index (χ0n) is 86.1. The smallest absolute Gasteiger partial charge is 0.377 e. The molecule has 0 radical (unpaired) electrons. The normalized spacial score (nSPS) is 11.3. The summed E-state index contributed by atoms with van der Waals surface area (Å²) in [6.45, 7) is 9.63. The summed E-state index contributed by atoms with van der Waals surface area (Å²) in [7, 11) is 1.98. The maximum absolute atomic E-state index is 12.1. The molecular weight excluding hydrogens is 1740 g/mol. The number of aliphatic carboxylic acids is 2. The molecule has 0 aliphatic rings. The molecule has 136 heavy (non-hydrogen) atoms. The third kappa shape index (κ3) is 97.3. The summed E-state index contributed by atoms with van der Waals surface area (Å²) in [6.07, 6.45) is 74.2. The first kappa shape index (κ1) is 135. The highest BCUT2D eigenvalue weighted by atomic mass is 16.6. The highest BCUT2D eigenvalue weighted by molar-refractivity contribution is 5.96. The number of carbonyl (C=O) groups is 8. The zero-order chi connectivity index (χ0) is 102. The maximum atomic E-state index is 12.1. The minimum atomic E-state index is -2.43. The van der Waals surface area contributed by atoms with Crippen LogP contribution in [-0.2, 0) is 66.8 Å². The van der Waals surface area contributed by atoms with Crippen molar-refractivity contribution in [3.63, 3.8) is 0 Å². The van der Waals surface area contributed by atoms with Gasteiger partial charge in [-0.2, -0.15) is 0 Å². The number of esters is 6. The summed E-state index contributed by atoms with van der Waals surface area (Å²) in [4.78, 5) is 89.9. The second kappa shape index (κ2) is 101. The standard InChI is InChI=1S/2C46H82O8.C12H22O4.C6H8O6/c2*1-3-5-7-9-11-13-15-17-19-21-23-27-31-35-39-45(49,50)43(47)53-41-37-33-29-25-26-30-34-38-42-54-44(48)46(51,52)40-36-32-28-24-22-20-18-16-14-12-10-8-6-4-2;13-11(14)9-7-5-3-1-2-4-6-8-10-12(15)16;1-11-5(9)3(7)4(8)6(10)12-2/h2*49-52H,3-16,21-42H2,1-2H3;1-10H2,(H,13,14)(H,15,16);7-8H,1-2H3/b;;;4-3+. The summed E-state index contributed by atoms with van der Waals surface area (Å²) in [5.74, 6) is 6.21. The van der Waals surface area contributed by atoms with E-state index in [-0.39, 0.29) is 65.0 Å². The van der Waals surface area contributed by atoms with Gasteiger partial charge in [0.15, 0.2) is 0 Å². The number of carboxylic acids is 2. The van der Waals surface area contributed by atoms with E-state index in [1.807, 2.05) is 0 Å². The Morgan fingerprint density at radius 2 is 0.338 bits per heavy atom. The molecule has 26 nitrogen and oxygen atoms in total. The van der Waals surface area contributed by atoms with E-state index < -0.39 is 82.4 Å². The van der Waals surface area contributed by atoms with Crippen LogP contribution in [-0.4, -0.2) is 173 Å². The Balaban J connectivity index is -0.000000994. The van der Waals surface area contributed by atoms with Gasteiger partial charge in [0.25, 0.3) is 34.7 Å². The quantitative estimate of drug-likeness (QED) is 0.00512. The fourth-order valence-electron chi connectivity index (χ4n) is 14.5. The molecule has 0 rings (SSSR count). The lowest BCUT2D eigenvalue weighted by molar-refractivity contribution is -0.212. The van der Waals surface area contributed by atoms with E-state index in [0.29, 0.717) is 51.4 Å². The van der Waals surface area contributed by atoms with Crippen molar-refractivity contribution in [1.29, 1.82) is 0 Å². The molecule has 0 unspecified atom stereocenters. The predicted octanol–water partition coefficient (Wildman–Crippen LogP) is 24.2. The number of carboxylic acid groups (broad SMARTS) is 2. The van der Waals surface area contributed by atoms with Crippen molar-refractivity contribution in [2.75, 3.05) is 40.6 Å². The summed E-state index contributed by atoms with van der Waals surface area (Å²) >= 11 is 0. The van der Waals surface area contributed by atoms with Crippen LogP contribution in [0.3, 0.4) is 0 Å². The van der Waals surface area contributed by atoms with E-state index in [2.05, 4.69) is 84.5 Å².